The highest BCUT2D eigenvalue weighted by Gasteiger charge is 2.17. The van der Waals surface area contributed by atoms with E-state index < -0.39 is 0 Å². The van der Waals surface area contributed by atoms with Crippen molar-refractivity contribution in [2.24, 2.45) is 0 Å². The molecule has 0 atom stereocenters. The van der Waals surface area contributed by atoms with Crippen LogP contribution in [0.4, 0.5) is 0 Å². The number of hydrogen-bond donors (Lipinski definition) is 0. The zero-order valence-electron chi connectivity index (χ0n) is 14.3. The third-order valence-electron chi connectivity index (χ3n) is 4.82. The Morgan fingerprint density at radius 2 is 1.55 bits per heavy atom. The molecule has 3 rings (SSSR count). The van der Waals surface area contributed by atoms with Crippen molar-refractivity contribution in [2.75, 3.05) is 33.2 Å². The van der Waals surface area contributed by atoms with Gasteiger partial charge < -0.3 is 9.47 Å². The lowest BCUT2D eigenvalue weighted by Gasteiger charge is -2.32. The van der Waals surface area contributed by atoms with Gasteiger partial charge in [-0.15, -0.1) is 0 Å². The summed E-state index contributed by atoms with van der Waals surface area (Å²) >= 11 is 0. The highest BCUT2D eigenvalue weighted by Crippen LogP contribution is 2.22. The van der Waals surface area contributed by atoms with Gasteiger partial charge in [0, 0.05) is 49.8 Å². The van der Waals surface area contributed by atoms with Crippen molar-refractivity contribution in [3.8, 4) is 5.69 Å². The molecule has 3 heteroatoms. The van der Waals surface area contributed by atoms with Crippen molar-refractivity contribution < 1.29 is 0 Å². The number of hydrogen-bond acceptors (Lipinski definition) is 2. The summed E-state index contributed by atoms with van der Waals surface area (Å²) in [4.78, 5) is 4.98. The van der Waals surface area contributed by atoms with Gasteiger partial charge in [-0.1, -0.05) is 17.7 Å². The second kappa shape index (κ2) is 6.27. The van der Waals surface area contributed by atoms with Crippen molar-refractivity contribution >= 4 is 0 Å². The number of aryl methyl sites for hydroxylation is 2. The van der Waals surface area contributed by atoms with Crippen LogP contribution >= 0.6 is 0 Å². The van der Waals surface area contributed by atoms with Crippen LogP contribution in [-0.2, 0) is 6.54 Å². The first-order valence-electron chi connectivity index (χ1n) is 8.20. The summed E-state index contributed by atoms with van der Waals surface area (Å²) in [5.74, 6) is 0. The quantitative estimate of drug-likeness (QED) is 0.862. The zero-order valence-corrected chi connectivity index (χ0v) is 14.3. The molecule has 1 aromatic carbocycles. The number of likely N-dealkylation sites (N-methyl/N-ethyl adjacent to an activating group) is 1. The van der Waals surface area contributed by atoms with Crippen LogP contribution < -0.4 is 0 Å². The molecule has 3 nitrogen and oxygen atoms in total. The van der Waals surface area contributed by atoms with Gasteiger partial charge in [0.25, 0.3) is 0 Å². The fraction of sp³-hybridized carbons (Fsp3) is 0.474. The normalized spacial score (nSPS) is 17.1. The largest absolute Gasteiger partial charge is 0.318 e. The van der Waals surface area contributed by atoms with Crippen molar-refractivity contribution in [2.45, 2.75) is 27.3 Å². The molecule has 1 aliphatic heterocycles. The summed E-state index contributed by atoms with van der Waals surface area (Å²) < 4.78 is 2.38. The minimum Gasteiger partial charge on any atom is -0.318 e. The Bertz CT molecular complexity index is 631. The minimum absolute atomic E-state index is 1.07. The number of nitrogens with zero attached hydrogens (tertiary/aromatic N) is 3. The minimum atomic E-state index is 1.07. The van der Waals surface area contributed by atoms with E-state index in [-0.39, 0.29) is 0 Å². The first-order valence-corrected chi connectivity index (χ1v) is 8.20. The fourth-order valence-corrected chi connectivity index (χ4v) is 3.33. The lowest BCUT2D eigenvalue weighted by Crippen LogP contribution is -2.43. The van der Waals surface area contributed by atoms with Crippen molar-refractivity contribution in [1.29, 1.82) is 0 Å². The van der Waals surface area contributed by atoms with Crippen molar-refractivity contribution in [3.63, 3.8) is 0 Å². The molecule has 1 saturated heterocycles. The summed E-state index contributed by atoms with van der Waals surface area (Å²) in [7, 11) is 2.21. The smallest absolute Gasteiger partial charge is 0.0455 e. The van der Waals surface area contributed by atoms with Gasteiger partial charge in [-0.25, -0.2) is 0 Å². The standard InChI is InChI=1S/C19H27N3/c1-15-5-7-19(8-6-15)22-16(2)13-18(17(22)3)14-21-11-9-20(4)10-12-21/h5-8,13H,9-12,14H2,1-4H3. The Kier molecular flexibility index (Phi) is 4.37. The van der Waals surface area contributed by atoms with Gasteiger partial charge in [0.15, 0.2) is 0 Å². The molecule has 0 aliphatic carbocycles. The summed E-state index contributed by atoms with van der Waals surface area (Å²) in [6.45, 7) is 12.4. The van der Waals surface area contributed by atoms with E-state index in [1.165, 1.54) is 54.4 Å². The lowest BCUT2D eigenvalue weighted by atomic mass is 10.2. The van der Waals surface area contributed by atoms with Crippen LogP contribution in [0.5, 0.6) is 0 Å². The topological polar surface area (TPSA) is 11.4 Å². The van der Waals surface area contributed by atoms with Crippen LogP contribution in [-0.4, -0.2) is 47.6 Å². The highest BCUT2D eigenvalue weighted by atomic mass is 15.2. The van der Waals surface area contributed by atoms with Gasteiger partial charge in [0.2, 0.25) is 0 Å². The van der Waals surface area contributed by atoms with E-state index in [9.17, 15) is 0 Å². The Morgan fingerprint density at radius 3 is 2.18 bits per heavy atom. The van der Waals surface area contributed by atoms with Gasteiger partial charge in [0.05, 0.1) is 0 Å². The molecule has 0 spiro atoms. The van der Waals surface area contributed by atoms with E-state index >= 15 is 0 Å². The number of piperazine rings is 1. The predicted molar refractivity (Wildman–Crippen MR) is 92.8 cm³/mol. The molecular formula is C19H27N3. The molecule has 1 fully saturated rings. The SMILES string of the molecule is Cc1ccc(-n2c(C)cc(CN3CCN(C)CC3)c2C)cc1. The molecule has 0 unspecified atom stereocenters. The lowest BCUT2D eigenvalue weighted by molar-refractivity contribution is 0.148. The Labute approximate surface area is 134 Å². The van der Waals surface area contributed by atoms with E-state index in [4.69, 9.17) is 0 Å². The molecule has 1 aliphatic rings. The third kappa shape index (κ3) is 3.11. The highest BCUT2D eigenvalue weighted by molar-refractivity contribution is 5.42. The van der Waals surface area contributed by atoms with Crippen molar-refractivity contribution in [1.82, 2.24) is 14.4 Å². The van der Waals surface area contributed by atoms with Crippen LogP contribution in [0, 0.1) is 20.8 Å². The molecular weight excluding hydrogens is 270 g/mol. The van der Waals surface area contributed by atoms with E-state index in [2.05, 4.69) is 72.5 Å². The Balaban J connectivity index is 1.82. The Morgan fingerprint density at radius 1 is 0.909 bits per heavy atom. The molecule has 1 aromatic heterocycles. The summed E-state index contributed by atoms with van der Waals surface area (Å²) in [5, 5.41) is 0. The second-order valence-corrected chi connectivity index (χ2v) is 6.65. The zero-order chi connectivity index (χ0) is 15.7. The summed E-state index contributed by atoms with van der Waals surface area (Å²) in [6, 6.07) is 11.2. The maximum atomic E-state index is 2.57. The fourth-order valence-electron chi connectivity index (χ4n) is 3.33. The van der Waals surface area contributed by atoms with Gasteiger partial charge in [-0.05, 0) is 51.6 Å². The van der Waals surface area contributed by atoms with Crippen LogP contribution in [0.15, 0.2) is 30.3 Å². The predicted octanol–water partition coefficient (Wildman–Crippen LogP) is 3.15. The maximum Gasteiger partial charge on any atom is 0.0455 e. The molecule has 0 radical (unpaired) electrons. The molecule has 2 heterocycles. The van der Waals surface area contributed by atoms with Gasteiger partial charge >= 0.3 is 0 Å². The first kappa shape index (κ1) is 15.3. The van der Waals surface area contributed by atoms with Crippen LogP contribution in [0.1, 0.15) is 22.5 Å². The summed E-state index contributed by atoms with van der Waals surface area (Å²) in [5.41, 5.74) is 6.74. The number of aromatic nitrogens is 1. The van der Waals surface area contributed by atoms with E-state index in [1.54, 1.807) is 0 Å². The monoisotopic (exact) mass is 297 g/mol. The molecule has 2 aromatic rings. The van der Waals surface area contributed by atoms with Gasteiger partial charge in [0.1, 0.15) is 0 Å². The average Bonchev–Trinajstić information content (AvgIpc) is 2.77. The van der Waals surface area contributed by atoms with Gasteiger partial charge in [-0.2, -0.15) is 0 Å². The van der Waals surface area contributed by atoms with Crippen LogP contribution in [0.2, 0.25) is 0 Å². The van der Waals surface area contributed by atoms with E-state index in [1.807, 2.05) is 0 Å². The molecule has 0 N–H and O–H groups in total. The third-order valence-corrected chi connectivity index (χ3v) is 4.82. The summed E-state index contributed by atoms with van der Waals surface area (Å²) in [6.07, 6.45) is 0. The van der Waals surface area contributed by atoms with Crippen LogP contribution in [0.25, 0.3) is 5.69 Å². The average molecular weight is 297 g/mol. The van der Waals surface area contributed by atoms with Crippen molar-refractivity contribution in [3.05, 3.63) is 52.8 Å². The number of rotatable bonds is 3. The Hall–Kier alpha value is -1.58. The molecule has 0 bridgehead atoms. The van der Waals surface area contributed by atoms with E-state index in [0.29, 0.717) is 0 Å². The molecule has 118 valence electrons. The first-order chi connectivity index (χ1) is 10.5. The molecule has 22 heavy (non-hydrogen) atoms. The second-order valence-electron chi connectivity index (χ2n) is 6.65. The maximum absolute atomic E-state index is 2.57. The molecule has 0 amide bonds. The van der Waals surface area contributed by atoms with Gasteiger partial charge in [-0.3, -0.25) is 4.90 Å². The van der Waals surface area contributed by atoms with E-state index in [0.717, 1.165) is 6.54 Å². The molecule has 0 saturated carbocycles. The number of benzene rings is 1. The van der Waals surface area contributed by atoms with Crippen LogP contribution in [0.3, 0.4) is 0 Å².